The summed E-state index contributed by atoms with van der Waals surface area (Å²) in [5, 5.41) is 5.12. The molecule has 17 heteroatoms. The Morgan fingerprint density at radius 2 is 1.65 bits per heavy atom. The Kier molecular flexibility index (Phi) is 11.9. The number of hydrogen-bond donors (Lipinski definition) is 2. The van der Waals surface area contributed by atoms with Gasteiger partial charge >= 0.3 is 50.4 Å². The van der Waals surface area contributed by atoms with Crippen molar-refractivity contribution >= 4 is 31.6 Å². The van der Waals surface area contributed by atoms with E-state index in [9.17, 15) is 25.9 Å². The summed E-state index contributed by atoms with van der Waals surface area (Å²) in [6.07, 6.45) is -7.04. The first kappa shape index (κ1) is 31.6. The van der Waals surface area contributed by atoms with Crippen molar-refractivity contribution in [2.24, 2.45) is 5.11 Å². The van der Waals surface area contributed by atoms with Crippen molar-refractivity contribution in [1.29, 1.82) is 0 Å². The van der Waals surface area contributed by atoms with E-state index in [1.165, 1.54) is 6.08 Å². The van der Waals surface area contributed by atoms with Crippen LogP contribution in [0.15, 0.2) is 60.2 Å². The zero-order valence-corrected chi connectivity index (χ0v) is 23.2. The van der Waals surface area contributed by atoms with Crippen molar-refractivity contribution in [3.8, 4) is 0 Å². The van der Waals surface area contributed by atoms with Gasteiger partial charge in [0.2, 0.25) is 0 Å². The maximum absolute atomic E-state index is 11.7. The Labute approximate surface area is 235 Å². The largest absolute Gasteiger partial charge is 1.00 e. The van der Waals surface area contributed by atoms with E-state index in [4.69, 9.17) is 23.9 Å². The third-order valence-corrected chi connectivity index (χ3v) is 6.00. The van der Waals surface area contributed by atoms with Gasteiger partial charge in [0, 0.05) is 4.91 Å². The van der Waals surface area contributed by atoms with Crippen LogP contribution in [-0.4, -0.2) is 69.8 Å². The molecule has 1 aliphatic rings. The minimum Gasteiger partial charge on any atom is -0.368 e. The third-order valence-electron chi connectivity index (χ3n) is 5.07. The molecule has 0 aromatic heterocycles. The van der Waals surface area contributed by atoms with Gasteiger partial charge in [0.25, 0.3) is 0 Å². The molecule has 0 spiro atoms. The van der Waals surface area contributed by atoms with Crippen LogP contribution in [-0.2, 0) is 50.0 Å². The van der Waals surface area contributed by atoms with Crippen molar-refractivity contribution in [2.45, 2.75) is 37.3 Å². The summed E-state index contributed by atoms with van der Waals surface area (Å²) in [6, 6.07) is 12.7. The summed E-state index contributed by atoms with van der Waals surface area (Å²) in [5.74, 6) is 0. The van der Waals surface area contributed by atoms with Crippen LogP contribution in [0.25, 0.3) is 21.2 Å². The summed E-state index contributed by atoms with van der Waals surface area (Å²) in [4.78, 5) is 2.65. The van der Waals surface area contributed by atoms with E-state index in [-0.39, 0.29) is 42.8 Å². The molecular formula is C20H23N3NaO11S2+. The van der Waals surface area contributed by atoms with E-state index in [1.54, 1.807) is 12.1 Å². The molecule has 2 aromatic rings. The van der Waals surface area contributed by atoms with E-state index in [0.717, 1.165) is 10.8 Å². The van der Waals surface area contributed by atoms with Crippen LogP contribution in [0.5, 0.6) is 0 Å². The molecule has 0 aliphatic carbocycles. The van der Waals surface area contributed by atoms with Gasteiger partial charge in [-0.15, -0.1) is 6.58 Å². The fourth-order valence-electron chi connectivity index (χ4n) is 3.74. The quantitative estimate of drug-likeness (QED) is 0.0821. The number of nitrogens with zero attached hydrogens (tertiary/aromatic N) is 3. The molecular weight excluding hydrogens is 545 g/mol. The summed E-state index contributed by atoms with van der Waals surface area (Å²) in [5.41, 5.74) is 9.45. The smallest absolute Gasteiger partial charge is 0.368 e. The maximum atomic E-state index is 11.7. The van der Waals surface area contributed by atoms with Crippen LogP contribution < -0.4 is 29.6 Å². The predicted molar refractivity (Wildman–Crippen MR) is 124 cm³/mol. The number of rotatable bonds is 12. The van der Waals surface area contributed by atoms with E-state index in [1.807, 2.05) is 30.3 Å². The monoisotopic (exact) mass is 568 g/mol. The molecule has 0 amide bonds. The van der Waals surface area contributed by atoms with Crippen molar-refractivity contribution in [2.75, 3.05) is 13.2 Å². The van der Waals surface area contributed by atoms with Crippen molar-refractivity contribution < 1.29 is 78.1 Å². The fourth-order valence-corrected chi connectivity index (χ4v) is 4.72. The van der Waals surface area contributed by atoms with Crippen LogP contribution >= 0.6 is 0 Å². The van der Waals surface area contributed by atoms with Gasteiger partial charge in [-0.3, -0.25) is 9.11 Å². The normalized spacial score (nSPS) is 24.1. The Bertz CT molecular complexity index is 1330. The van der Waals surface area contributed by atoms with Crippen LogP contribution in [0.4, 0.5) is 0 Å². The third kappa shape index (κ3) is 9.26. The number of benzene rings is 2. The van der Waals surface area contributed by atoms with Gasteiger partial charge in [-0.05, 0) is 21.9 Å². The van der Waals surface area contributed by atoms with Gasteiger partial charge in [0.1, 0.15) is 12.2 Å². The zero-order chi connectivity index (χ0) is 26.3. The first-order chi connectivity index (χ1) is 17.0. The second kappa shape index (κ2) is 14.0. The van der Waals surface area contributed by atoms with Crippen molar-refractivity contribution in [3.63, 3.8) is 0 Å². The average molecular weight is 569 g/mol. The number of ether oxygens (including phenoxy) is 3. The van der Waals surface area contributed by atoms with Gasteiger partial charge in [0.15, 0.2) is 12.4 Å². The van der Waals surface area contributed by atoms with Crippen molar-refractivity contribution in [3.05, 3.63) is 71.1 Å². The molecule has 196 valence electrons. The SMILES string of the molecule is C=CCO[C@H]1O[C@H](CN=[N+]=[N-])[C@@H](OCc2cccc3ccccc23)[C@H](OS(=O)(=O)O)[C@@H]1OS(=O)(=O)O.[Na+]. The molecule has 37 heavy (non-hydrogen) atoms. The van der Waals surface area contributed by atoms with Crippen LogP contribution in [0.1, 0.15) is 5.56 Å². The number of hydrogen-bond acceptors (Lipinski definition) is 10. The van der Waals surface area contributed by atoms with Crippen molar-refractivity contribution in [1.82, 2.24) is 0 Å². The zero-order valence-electron chi connectivity index (χ0n) is 19.6. The average Bonchev–Trinajstić information content (AvgIpc) is 2.80. The van der Waals surface area contributed by atoms with E-state index >= 15 is 0 Å². The van der Waals surface area contributed by atoms with Crippen LogP contribution in [0.2, 0.25) is 0 Å². The Morgan fingerprint density at radius 3 is 2.30 bits per heavy atom. The second-order valence-electron chi connectivity index (χ2n) is 7.47. The molecule has 3 rings (SSSR count). The summed E-state index contributed by atoms with van der Waals surface area (Å²) < 4.78 is 91.4. The molecule has 0 radical (unpaired) electrons. The second-order valence-corrected chi connectivity index (χ2v) is 9.57. The Hall–Kier alpha value is -1.63. The molecule has 2 aromatic carbocycles. The van der Waals surface area contributed by atoms with Gasteiger partial charge in [0.05, 0.1) is 25.9 Å². The van der Waals surface area contributed by atoms with Crippen LogP contribution in [0.3, 0.4) is 0 Å². The first-order valence-corrected chi connectivity index (χ1v) is 13.0. The van der Waals surface area contributed by atoms with E-state index in [2.05, 4.69) is 20.8 Å². The summed E-state index contributed by atoms with van der Waals surface area (Å²) in [7, 11) is -10.4. The number of azide groups is 1. The molecule has 14 nitrogen and oxygen atoms in total. The maximum Gasteiger partial charge on any atom is 1.00 e. The molecule has 0 bridgehead atoms. The van der Waals surface area contributed by atoms with E-state index < -0.39 is 58.0 Å². The molecule has 5 atom stereocenters. The molecule has 1 aliphatic heterocycles. The fraction of sp³-hybridized carbons (Fsp3) is 0.400. The van der Waals surface area contributed by atoms with Gasteiger partial charge in [-0.1, -0.05) is 53.7 Å². The number of fused-ring (bicyclic) bond motifs is 1. The molecule has 2 N–H and O–H groups in total. The summed E-state index contributed by atoms with van der Waals surface area (Å²) >= 11 is 0. The molecule has 1 saturated heterocycles. The summed E-state index contributed by atoms with van der Waals surface area (Å²) in [6.45, 7) is 2.64. The van der Waals surface area contributed by atoms with Gasteiger partial charge in [-0.25, -0.2) is 8.37 Å². The molecule has 1 fully saturated rings. The van der Waals surface area contributed by atoms with Gasteiger partial charge in [-0.2, -0.15) is 16.8 Å². The minimum absolute atomic E-state index is 0. The topological polar surface area (TPSA) is 204 Å². The Balaban J connectivity index is 0.00000481. The van der Waals surface area contributed by atoms with E-state index in [0.29, 0.717) is 5.56 Å². The Morgan fingerprint density at radius 1 is 1.00 bits per heavy atom. The van der Waals surface area contributed by atoms with Gasteiger partial charge < -0.3 is 14.2 Å². The standard InChI is InChI=1S/C20H23N3O11S2.Na/c1-2-10-30-20-19(34-36(27,28)29)18(33-35(24,25)26)17(16(32-20)11-22-23-21)31-12-14-8-5-7-13-6-3-4-9-15(13)14;/h2-9,16-20H,1,10-12H2,(H,24,25,26)(H,27,28,29);/q;+1/t16-,17-,18+,19+,20+;/m1./s1. The predicted octanol–water partition coefficient (Wildman–Crippen LogP) is -0.657. The minimum atomic E-state index is -5.22. The van der Waals surface area contributed by atoms with Crippen LogP contribution in [0, 0.1) is 0 Å². The first-order valence-electron chi connectivity index (χ1n) is 10.3. The molecule has 1 heterocycles. The molecule has 0 saturated carbocycles. The molecule has 0 unspecified atom stereocenters.